The van der Waals surface area contributed by atoms with Crippen LogP contribution in [0.25, 0.3) is 10.4 Å². The molecular weight excluding hydrogens is 312 g/mol. The summed E-state index contributed by atoms with van der Waals surface area (Å²) in [4.78, 5) is 13.0. The van der Waals surface area contributed by atoms with Crippen molar-refractivity contribution in [1.29, 1.82) is 0 Å². The lowest BCUT2D eigenvalue weighted by Crippen LogP contribution is -2.04. The molecule has 1 aromatic carbocycles. The van der Waals surface area contributed by atoms with Crippen molar-refractivity contribution in [3.63, 3.8) is 0 Å². The fourth-order valence-corrected chi connectivity index (χ4v) is 3.37. The SMILES string of the molecule is Cc1cc(Br)ccc1-c1ccc(C(C)C(=O)O)s1. The number of carboxylic acids is 1. The normalized spacial score (nSPS) is 12.4. The number of aliphatic carboxylic acids is 1. The van der Waals surface area contributed by atoms with Gasteiger partial charge in [-0.05, 0) is 49.2 Å². The Kier molecular flexibility index (Phi) is 3.88. The van der Waals surface area contributed by atoms with Crippen molar-refractivity contribution in [2.75, 3.05) is 0 Å². The summed E-state index contributed by atoms with van der Waals surface area (Å²) in [7, 11) is 0. The van der Waals surface area contributed by atoms with Crippen molar-refractivity contribution in [2.45, 2.75) is 19.8 Å². The summed E-state index contributed by atoms with van der Waals surface area (Å²) in [5, 5.41) is 9.01. The molecule has 1 atom stereocenters. The number of carbonyl (C=O) groups is 1. The molecule has 0 amide bonds. The second-order valence-electron chi connectivity index (χ2n) is 4.22. The molecule has 0 fully saturated rings. The lowest BCUT2D eigenvalue weighted by atomic mass is 10.1. The van der Waals surface area contributed by atoms with Gasteiger partial charge in [-0.2, -0.15) is 0 Å². The molecule has 0 aliphatic heterocycles. The van der Waals surface area contributed by atoms with Crippen molar-refractivity contribution in [3.8, 4) is 10.4 Å². The molecule has 2 rings (SSSR count). The van der Waals surface area contributed by atoms with Crippen LogP contribution in [-0.2, 0) is 4.79 Å². The fraction of sp³-hybridized carbons (Fsp3) is 0.214. The van der Waals surface area contributed by atoms with Gasteiger partial charge in [0.1, 0.15) is 0 Å². The zero-order valence-corrected chi connectivity index (χ0v) is 12.5. The highest BCUT2D eigenvalue weighted by atomic mass is 79.9. The van der Waals surface area contributed by atoms with Crippen molar-refractivity contribution in [1.82, 2.24) is 0 Å². The Bertz CT molecular complexity index is 589. The molecule has 0 aliphatic rings. The second-order valence-corrected chi connectivity index (χ2v) is 6.25. The minimum Gasteiger partial charge on any atom is -0.481 e. The van der Waals surface area contributed by atoms with Gasteiger partial charge in [-0.15, -0.1) is 11.3 Å². The first-order chi connectivity index (χ1) is 8.49. The third-order valence-corrected chi connectivity index (χ3v) is 4.67. The first kappa shape index (κ1) is 13.3. The van der Waals surface area contributed by atoms with E-state index >= 15 is 0 Å². The molecule has 2 aromatic rings. The number of rotatable bonds is 3. The number of halogens is 1. The van der Waals surface area contributed by atoms with Crippen LogP contribution < -0.4 is 0 Å². The molecule has 2 nitrogen and oxygen atoms in total. The molecule has 18 heavy (non-hydrogen) atoms. The number of hydrogen-bond acceptors (Lipinski definition) is 2. The Balaban J connectivity index is 2.38. The summed E-state index contributed by atoms with van der Waals surface area (Å²) in [6, 6.07) is 10.0. The summed E-state index contributed by atoms with van der Waals surface area (Å²) in [6.45, 7) is 3.77. The third-order valence-electron chi connectivity index (χ3n) is 2.88. The second kappa shape index (κ2) is 5.24. The maximum Gasteiger partial charge on any atom is 0.311 e. The Labute approximate surface area is 118 Å². The van der Waals surface area contributed by atoms with E-state index in [0.29, 0.717) is 0 Å². The van der Waals surface area contributed by atoms with Crippen LogP contribution in [0.3, 0.4) is 0 Å². The highest BCUT2D eigenvalue weighted by Crippen LogP contribution is 2.34. The zero-order chi connectivity index (χ0) is 13.3. The van der Waals surface area contributed by atoms with Crippen molar-refractivity contribution >= 4 is 33.2 Å². The Morgan fingerprint density at radius 1 is 1.33 bits per heavy atom. The smallest absolute Gasteiger partial charge is 0.311 e. The molecule has 1 N–H and O–H groups in total. The van der Waals surface area contributed by atoms with Crippen molar-refractivity contribution in [2.24, 2.45) is 0 Å². The minimum absolute atomic E-state index is 0.445. The van der Waals surface area contributed by atoms with E-state index in [2.05, 4.69) is 35.0 Å². The molecule has 0 spiro atoms. The standard InChI is InChI=1S/C14H13BrO2S/c1-8-7-10(15)3-4-11(8)13-6-5-12(18-13)9(2)14(16)17/h3-7,9H,1-2H3,(H,16,17). The number of hydrogen-bond donors (Lipinski definition) is 1. The van der Waals surface area contributed by atoms with Crippen LogP contribution in [0.2, 0.25) is 0 Å². The first-order valence-electron chi connectivity index (χ1n) is 5.58. The average Bonchev–Trinajstić information content (AvgIpc) is 2.77. The van der Waals surface area contributed by atoms with Crippen molar-refractivity contribution < 1.29 is 9.90 Å². The van der Waals surface area contributed by atoms with Crippen LogP contribution in [0.4, 0.5) is 0 Å². The summed E-state index contributed by atoms with van der Waals surface area (Å²) >= 11 is 4.99. The van der Waals surface area contributed by atoms with Gasteiger partial charge < -0.3 is 5.11 Å². The summed E-state index contributed by atoms with van der Waals surface area (Å²) in [5.74, 6) is -1.23. The predicted molar refractivity (Wildman–Crippen MR) is 78.2 cm³/mol. The average molecular weight is 325 g/mol. The Morgan fingerprint density at radius 2 is 2.06 bits per heavy atom. The molecule has 0 aliphatic carbocycles. The predicted octanol–water partition coefficient (Wildman–Crippen LogP) is 4.67. The maximum absolute atomic E-state index is 11.0. The van der Waals surface area contributed by atoms with Gasteiger partial charge in [0.05, 0.1) is 5.92 Å². The van der Waals surface area contributed by atoms with E-state index < -0.39 is 11.9 Å². The van der Waals surface area contributed by atoms with Crippen LogP contribution >= 0.6 is 27.3 Å². The highest BCUT2D eigenvalue weighted by molar-refractivity contribution is 9.10. The Morgan fingerprint density at radius 3 is 2.67 bits per heavy atom. The van der Waals surface area contributed by atoms with E-state index in [4.69, 9.17) is 5.11 Å². The highest BCUT2D eigenvalue weighted by Gasteiger charge is 2.16. The summed E-state index contributed by atoms with van der Waals surface area (Å²) in [6.07, 6.45) is 0. The van der Waals surface area contributed by atoms with E-state index in [-0.39, 0.29) is 0 Å². The lowest BCUT2D eigenvalue weighted by Gasteiger charge is -2.04. The molecule has 1 unspecified atom stereocenters. The van der Waals surface area contributed by atoms with Crippen LogP contribution in [-0.4, -0.2) is 11.1 Å². The van der Waals surface area contributed by atoms with Gasteiger partial charge in [0, 0.05) is 14.2 Å². The van der Waals surface area contributed by atoms with Gasteiger partial charge in [-0.3, -0.25) is 4.79 Å². The van der Waals surface area contributed by atoms with Crippen LogP contribution in [0.1, 0.15) is 23.3 Å². The van der Waals surface area contributed by atoms with E-state index in [1.807, 2.05) is 18.2 Å². The number of carboxylic acid groups (broad SMARTS) is 1. The molecular formula is C14H13BrO2S. The molecule has 0 radical (unpaired) electrons. The van der Waals surface area contributed by atoms with Crippen LogP contribution in [0, 0.1) is 6.92 Å². The molecule has 1 heterocycles. The largest absolute Gasteiger partial charge is 0.481 e. The fourth-order valence-electron chi connectivity index (χ4n) is 1.76. The quantitative estimate of drug-likeness (QED) is 0.890. The van der Waals surface area contributed by atoms with E-state index in [9.17, 15) is 4.79 Å². The molecule has 0 saturated carbocycles. The molecule has 1 aromatic heterocycles. The summed E-state index contributed by atoms with van der Waals surface area (Å²) in [5.41, 5.74) is 2.34. The van der Waals surface area contributed by atoms with Crippen LogP contribution in [0.5, 0.6) is 0 Å². The maximum atomic E-state index is 11.0. The van der Waals surface area contributed by atoms with Gasteiger partial charge in [0.25, 0.3) is 0 Å². The zero-order valence-electron chi connectivity index (χ0n) is 10.1. The molecule has 4 heteroatoms. The minimum atomic E-state index is -0.782. The molecule has 0 bridgehead atoms. The molecule has 0 saturated heterocycles. The topological polar surface area (TPSA) is 37.3 Å². The first-order valence-corrected chi connectivity index (χ1v) is 7.19. The van der Waals surface area contributed by atoms with E-state index in [0.717, 1.165) is 19.8 Å². The van der Waals surface area contributed by atoms with Gasteiger partial charge >= 0.3 is 5.97 Å². The summed E-state index contributed by atoms with van der Waals surface area (Å²) < 4.78 is 1.06. The Hall–Kier alpha value is -1.13. The lowest BCUT2D eigenvalue weighted by molar-refractivity contribution is -0.138. The monoisotopic (exact) mass is 324 g/mol. The van der Waals surface area contributed by atoms with E-state index in [1.165, 1.54) is 5.56 Å². The van der Waals surface area contributed by atoms with Gasteiger partial charge in [-0.1, -0.05) is 22.0 Å². The van der Waals surface area contributed by atoms with E-state index in [1.54, 1.807) is 18.3 Å². The van der Waals surface area contributed by atoms with Gasteiger partial charge in [0.2, 0.25) is 0 Å². The third kappa shape index (κ3) is 2.65. The van der Waals surface area contributed by atoms with Gasteiger partial charge in [-0.25, -0.2) is 0 Å². The number of benzene rings is 1. The number of thiophene rings is 1. The molecule has 94 valence electrons. The van der Waals surface area contributed by atoms with Gasteiger partial charge in [0.15, 0.2) is 0 Å². The van der Waals surface area contributed by atoms with Crippen molar-refractivity contribution in [3.05, 3.63) is 45.2 Å². The number of aryl methyl sites for hydroxylation is 1. The van der Waals surface area contributed by atoms with Crippen LogP contribution in [0.15, 0.2) is 34.8 Å².